The molecule has 0 unspecified atom stereocenters. The van der Waals surface area contributed by atoms with Crippen molar-refractivity contribution >= 4 is 5.91 Å². The molecule has 17 heavy (non-hydrogen) atoms. The molecule has 1 saturated carbocycles. The van der Waals surface area contributed by atoms with Crippen LogP contribution in [0.2, 0.25) is 0 Å². The summed E-state index contributed by atoms with van der Waals surface area (Å²) in [4.78, 5) is 12.3. The standard InChI is InChI=1S/C14H28N2O/c1-4-13(2,3)11-16-12(17)14(10-15)8-6-5-7-9-14/h4-11,15H2,1-3H3,(H,16,17). The summed E-state index contributed by atoms with van der Waals surface area (Å²) in [5.74, 6) is 0.182. The summed E-state index contributed by atoms with van der Waals surface area (Å²) in [5.41, 5.74) is 5.76. The quantitative estimate of drug-likeness (QED) is 0.775. The van der Waals surface area contributed by atoms with Crippen molar-refractivity contribution in [3.63, 3.8) is 0 Å². The van der Waals surface area contributed by atoms with E-state index in [2.05, 4.69) is 26.1 Å². The van der Waals surface area contributed by atoms with Gasteiger partial charge >= 0.3 is 0 Å². The van der Waals surface area contributed by atoms with Gasteiger partial charge in [-0.2, -0.15) is 0 Å². The summed E-state index contributed by atoms with van der Waals surface area (Å²) >= 11 is 0. The Bertz CT molecular complexity index is 255. The molecule has 0 spiro atoms. The van der Waals surface area contributed by atoms with E-state index in [0.717, 1.165) is 38.6 Å². The molecular formula is C14H28N2O. The predicted octanol–water partition coefficient (Wildman–Crippen LogP) is 2.45. The first-order valence-electron chi connectivity index (χ1n) is 6.94. The van der Waals surface area contributed by atoms with Crippen LogP contribution in [0.5, 0.6) is 0 Å². The zero-order valence-corrected chi connectivity index (χ0v) is 11.6. The third-order valence-corrected chi connectivity index (χ3v) is 4.37. The molecule has 1 rings (SSSR count). The van der Waals surface area contributed by atoms with Crippen molar-refractivity contribution < 1.29 is 4.79 Å². The van der Waals surface area contributed by atoms with Gasteiger partial charge in [-0.3, -0.25) is 4.79 Å². The number of carbonyl (C=O) groups is 1. The maximum Gasteiger partial charge on any atom is 0.227 e. The first-order valence-corrected chi connectivity index (χ1v) is 6.94. The molecule has 0 aliphatic heterocycles. The van der Waals surface area contributed by atoms with E-state index >= 15 is 0 Å². The summed E-state index contributed by atoms with van der Waals surface area (Å²) in [6, 6.07) is 0. The van der Waals surface area contributed by atoms with Gasteiger partial charge in [0.1, 0.15) is 0 Å². The van der Waals surface area contributed by atoms with Crippen molar-refractivity contribution in [1.29, 1.82) is 0 Å². The Hall–Kier alpha value is -0.570. The molecule has 0 aromatic carbocycles. The Morgan fingerprint density at radius 2 is 1.88 bits per heavy atom. The number of nitrogens with two attached hydrogens (primary N) is 1. The lowest BCUT2D eigenvalue weighted by molar-refractivity contribution is -0.132. The van der Waals surface area contributed by atoms with Gasteiger partial charge in [0.05, 0.1) is 5.41 Å². The minimum Gasteiger partial charge on any atom is -0.355 e. The van der Waals surface area contributed by atoms with E-state index in [0.29, 0.717) is 6.54 Å². The molecule has 0 radical (unpaired) electrons. The van der Waals surface area contributed by atoms with E-state index in [1.54, 1.807) is 0 Å². The SMILES string of the molecule is CCC(C)(C)CNC(=O)C1(CN)CCCCC1. The fourth-order valence-electron chi connectivity index (χ4n) is 2.38. The average molecular weight is 240 g/mol. The van der Waals surface area contributed by atoms with Gasteiger partial charge in [-0.1, -0.05) is 40.0 Å². The van der Waals surface area contributed by atoms with E-state index in [1.165, 1.54) is 6.42 Å². The van der Waals surface area contributed by atoms with Crippen LogP contribution in [-0.4, -0.2) is 19.0 Å². The summed E-state index contributed by atoms with van der Waals surface area (Å²) < 4.78 is 0. The topological polar surface area (TPSA) is 55.1 Å². The maximum atomic E-state index is 12.3. The molecule has 0 bridgehead atoms. The van der Waals surface area contributed by atoms with Crippen molar-refractivity contribution in [2.75, 3.05) is 13.1 Å². The van der Waals surface area contributed by atoms with Crippen LogP contribution in [0.25, 0.3) is 0 Å². The van der Waals surface area contributed by atoms with Crippen molar-refractivity contribution in [3.05, 3.63) is 0 Å². The van der Waals surface area contributed by atoms with Gasteiger partial charge in [0.15, 0.2) is 0 Å². The van der Waals surface area contributed by atoms with Crippen molar-refractivity contribution in [3.8, 4) is 0 Å². The molecule has 0 aromatic heterocycles. The molecule has 100 valence electrons. The molecule has 0 aromatic rings. The number of carbonyl (C=O) groups excluding carboxylic acids is 1. The number of rotatable bonds is 5. The summed E-state index contributed by atoms with van der Waals surface area (Å²) in [5, 5.41) is 3.12. The monoisotopic (exact) mass is 240 g/mol. The van der Waals surface area contributed by atoms with E-state index in [1.807, 2.05) is 0 Å². The molecule has 1 amide bonds. The second-order valence-electron chi connectivity index (χ2n) is 6.25. The lowest BCUT2D eigenvalue weighted by atomic mass is 9.73. The zero-order chi connectivity index (χ0) is 12.9. The molecule has 0 heterocycles. The van der Waals surface area contributed by atoms with Crippen LogP contribution in [0.15, 0.2) is 0 Å². The lowest BCUT2D eigenvalue weighted by Gasteiger charge is -2.36. The van der Waals surface area contributed by atoms with E-state index in [4.69, 9.17) is 5.73 Å². The Morgan fingerprint density at radius 3 is 2.35 bits per heavy atom. The highest BCUT2D eigenvalue weighted by molar-refractivity contribution is 5.83. The van der Waals surface area contributed by atoms with E-state index < -0.39 is 0 Å². The van der Waals surface area contributed by atoms with Crippen molar-refractivity contribution in [2.45, 2.75) is 59.3 Å². The van der Waals surface area contributed by atoms with Gasteiger partial charge in [-0.15, -0.1) is 0 Å². The Morgan fingerprint density at radius 1 is 1.29 bits per heavy atom. The smallest absolute Gasteiger partial charge is 0.227 e. The van der Waals surface area contributed by atoms with Crippen LogP contribution in [0.4, 0.5) is 0 Å². The molecule has 3 nitrogen and oxygen atoms in total. The molecule has 1 aliphatic rings. The van der Waals surface area contributed by atoms with Crippen molar-refractivity contribution in [2.24, 2.45) is 16.6 Å². The highest BCUT2D eigenvalue weighted by atomic mass is 16.2. The molecular weight excluding hydrogens is 212 g/mol. The van der Waals surface area contributed by atoms with Gasteiger partial charge in [0.25, 0.3) is 0 Å². The average Bonchev–Trinajstić information content (AvgIpc) is 2.37. The highest BCUT2D eigenvalue weighted by Crippen LogP contribution is 2.35. The third kappa shape index (κ3) is 3.70. The second-order valence-corrected chi connectivity index (χ2v) is 6.25. The largest absolute Gasteiger partial charge is 0.355 e. The van der Waals surface area contributed by atoms with Crippen LogP contribution < -0.4 is 11.1 Å². The number of amides is 1. The molecule has 3 N–H and O–H groups in total. The molecule has 3 heteroatoms. The maximum absolute atomic E-state index is 12.3. The Labute approximate surface area is 106 Å². The van der Waals surface area contributed by atoms with Gasteiger partial charge in [0.2, 0.25) is 5.91 Å². The number of hydrogen-bond donors (Lipinski definition) is 2. The van der Waals surface area contributed by atoms with E-state index in [-0.39, 0.29) is 16.7 Å². The van der Waals surface area contributed by atoms with Gasteiger partial charge in [0, 0.05) is 13.1 Å². The summed E-state index contributed by atoms with van der Waals surface area (Å²) in [6.45, 7) is 7.77. The van der Waals surface area contributed by atoms with Gasteiger partial charge in [-0.05, 0) is 24.7 Å². The minimum absolute atomic E-state index is 0.181. The first kappa shape index (κ1) is 14.5. The molecule has 1 aliphatic carbocycles. The number of nitrogens with one attached hydrogen (secondary N) is 1. The van der Waals surface area contributed by atoms with Crippen LogP contribution >= 0.6 is 0 Å². The fraction of sp³-hybridized carbons (Fsp3) is 0.929. The third-order valence-electron chi connectivity index (χ3n) is 4.37. The molecule has 1 fully saturated rings. The first-order chi connectivity index (χ1) is 7.96. The molecule has 0 atom stereocenters. The lowest BCUT2D eigenvalue weighted by Crippen LogP contribution is -2.49. The van der Waals surface area contributed by atoms with Crippen LogP contribution in [0.3, 0.4) is 0 Å². The van der Waals surface area contributed by atoms with Crippen molar-refractivity contribution in [1.82, 2.24) is 5.32 Å². The fourth-order valence-corrected chi connectivity index (χ4v) is 2.38. The summed E-state index contributed by atoms with van der Waals surface area (Å²) in [6.07, 6.45) is 6.52. The minimum atomic E-state index is -0.276. The predicted molar refractivity (Wildman–Crippen MR) is 71.7 cm³/mol. The van der Waals surface area contributed by atoms with Gasteiger partial charge < -0.3 is 11.1 Å². The normalized spacial score (nSPS) is 20.0. The van der Waals surface area contributed by atoms with Gasteiger partial charge in [-0.25, -0.2) is 0 Å². The van der Waals surface area contributed by atoms with Crippen LogP contribution in [0, 0.1) is 10.8 Å². The van der Waals surface area contributed by atoms with E-state index in [9.17, 15) is 4.79 Å². The zero-order valence-electron chi connectivity index (χ0n) is 11.6. The Kier molecular flexibility index (Phi) is 4.99. The number of hydrogen-bond acceptors (Lipinski definition) is 2. The van der Waals surface area contributed by atoms with Crippen LogP contribution in [-0.2, 0) is 4.79 Å². The molecule has 0 saturated heterocycles. The second kappa shape index (κ2) is 5.85. The Balaban J connectivity index is 2.55. The summed E-state index contributed by atoms with van der Waals surface area (Å²) in [7, 11) is 0. The van der Waals surface area contributed by atoms with Crippen LogP contribution in [0.1, 0.15) is 59.3 Å². The highest BCUT2D eigenvalue weighted by Gasteiger charge is 2.38.